The molecule has 0 saturated heterocycles. The van der Waals surface area contributed by atoms with Crippen LogP contribution in [0.4, 0.5) is 0 Å². The molecule has 0 aromatic carbocycles. The van der Waals surface area contributed by atoms with Gasteiger partial charge in [0.2, 0.25) is 0 Å². The number of hydrogen-bond donors (Lipinski definition) is 0. The number of hydrogen-bond acceptors (Lipinski definition) is 2. The summed E-state index contributed by atoms with van der Waals surface area (Å²) in [6.45, 7) is 4.49. The molecular weight excluding hydrogens is 154 g/mol. The molecule has 0 radical (unpaired) electrons. The van der Waals surface area contributed by atoms with E-state index < -0.39 is 0 Å². The molecule has 0 amide bonds. The van der Waals surface area contributed by atoms with E-state index in [4.69, 9.17) is 4.99 Å². The first-order valence-electron chi connectivity index (χ1n) is 4.51. The first kappa shape index (κ1) is 7.66. The maximum Gasteiger partial charge on any atom is 0.0708 e. The Balaban J connectivity index is 2.07. The van der Waals surface area contributed by atoms with Gasteiger partial charge in [0.25, 0.3) is 0 Å². The second-order valence-corrected chi connectivity index (χ2v) is 5.04. The van der Waals surface area contributed by atoms with Gasteiger partial charge in [0.1, 0.15) is 0 Å². The molecule has 1 fully saturated rings. The Morgan fingerprint density at radius 1 is 1.45 bits per heavy atom. The van der Waals surface area contributed by atoms with Gasteiger partial charge >= 0.3 is 0 Å². The fourth-order valence-electron chi connectivity index (χ4n) is 1.83. The van der Waals surface area contributed by atoms with Gasteiger partial charge in [0.05, 0.1) is 11.1 Å². The molecule has 2 atom stereocenters. The zero-order valence-corrected chi connectivity index (χ0v) is 8.03. The number of rotatable bonds is 1. The summed E-state index contributed by atoms with van der Waals surface area (Å²) >= 11 is 2.04. The lowest BCUT2D eigenvalue weighted by molar-refractivity contribution is 0.724. The molecular formula is C9H15NS. The predicted octanol–water partition coefficient (Wildman–Crippen LogP) is 2.71. The monoisotopic (exact) mass is 169 g/mol. The Labute approximate surface area is 72.7 Å². The summed E-state index contributed by atoms with van der Waals surface area (Å²) in [5.41, 5.74) is 0. The second-order valence-electron chi connectivity index (χ2n) is 3.78. The largest absolute Gasteiger partial charge is 0.278 e. The quantitative estimate of drug-likeness (QED) is 0.588. The van der Waals surface area contributed by atoms with E-state index in [0.29, 0.717) is 12.0 Å². The Bertz CT molecular complexity index is 186. The highest BCUT2D eigenvalue weighted by atomic mass is 32.2. The maximum atomic E-state index is 4.73. The van der Waals surface area contributed by atoms with Crippen LogP contribution in [0.15, 0.2) is 4.99 Å². The second kappa shape index (κ2) is 2.81. The van der Waals surface area contributed by atoms with Gasteiger partial charge in [-0.15, -0.1) is 11.8 Å². The summed E-state index contributed by atoms with van der Waals surface area (Å²) in [6, 6.07) is 0.692. The van der Waals surface area contributed by atoms with Crippen molar-refractivity contribution >= 4 is 16.8 Å². The van der Waals surface area contributed by atoms with Crippen LogP contribution in [0, 0.1) is 5.92 Å². The van der Waals surface area contributed by atoms with Crippen molar-refractivity contribution in [1.82, 2.24) is 0 Å². The highest BCUT2D eigenvalue weighted by Gasteiger charge is 2.34. The Hall–Kier alpha value is 0.0200. The molecule has 2 heteroatoms. The molecule has 1 aliphatic carbocycles. The molecule has 0 aromatic rings. The van der Waals surface area contributed by atoms with E-state index in [-0.39, 0.29) is 0 Å². The van der Waals surface area contributed by atoms with Gasteiger partial charge in [-0.3, -0.25) is 4.99 Å². The van der Waals surface area contributed by atoms with Crippen molar-refractivity contribution < 1.29 is 0 Å². The van der Waals surface area contributed by atoms with Crippen LogP contribution in [-0.4, -0.2) is 16.3 Å². The van der Waals surface area contributed by atoms with Crippen molar-refractivity contribution in [2.45, 2.75) is 44.4 Å². The van der Waals surface area contributed by atoms with E-state index >= 15 is 0 Å². The topological polar surface area (TPSA) is 12.4 Å². The van der Waals surface area contributed by atoms with Gasteiger partial charge < -0.3 is 0 Å². The molecule has 0 bridgehead atoms. The average Bonchev–Trinajstić information content (AvgIpc) is 2.40. The van der Waals surface area contributed by atoms with Crippen LogP contribution in [0.5, 0.6) is 0 Å². The number of nitrogens with zero attached hydrogens (tertiary/aromatic N) is 1. The zero-order chi connectivity index (χ0) is 7.84. The van der Waals surface area contributed by atoms with E-state index in [9.17, 15) is 0 Å². The van der Waals surface area contributed by atoms with E-state index in [0.717, 1.165) is 5.25 Å². The molecule has 2 rings (SSSR count). The minimum atomic E-state index is 0.658. The van der Waals surface area contributed by atoms with Crippen LogP contribution in [0.1, 0.15) is 33.1 Å². The highest BCUT2D eigenvalue weighted by molar-refractivity contribution is 8.14. The third-order valence-electron chi connectivity index (χ3n) is 2.48. The lowest BCUT2D eigenvalue weighted by Gasteiger charge is -2.05. The maximum absolute atomic E-state index is 4.73. The molecule has 2 unspecified atom stereocenters. The van der Waals surface area contributed by atoms with Gasteiger partial charge in [-0.05, 0) is 12.8 Å². The van der Waals surface area contributed by atoms with Crippen LogP contribution in [-0.2, 0) is 0 Å². The predicted molar refractivity (Wildman–Crippen MR) is 51.3 cm³/mol. The number of thioether (sulfide) groups is 1. The van der Waals surface area contributed by atoms with Gasteiger partial charge in [-0.25, -0.2) is 0 Å². The summed E-state index contributed by atoms with van der Waals surface area (Å²) in [4.78, 5) is 4.73. The van der Waals surface area contributed by atoms with Crippen molar-refractivity contribution in [3.63, 3.8) is 0 Å². The Kier molecular flexibility index (Phi) is 1.96. The fourth-order valence-corrected chi connectivity index (χ4v) is 3.24. The molecule has 1 nitrogen and oxygen atoms in total. The zero-order valence-electron chi connectivity index (χ0n) is 7.21. The third-order valence-corrected chi connectivity index (χ3v) is 4.15. The Morgan fingerprint density at radius 3 is 2.91 bits per heavy atom. The molecule has 2 aliphatic rings. The summed E-state index contributed by atoms with van der Waals surface area (Å²) in [5.74, 6) is 0.658. The minimum absolute atomic E-state index is 0.658. The van der Waals surface area contributed by atoms with Crippen molar-refractivity contribution in [2.24, 2.45) is 10.9 Å². The van der Waals surface area contributed by atoms with Crippen molar-refractivity contribution in [2.75, 3.05) is 0 Å². The molecule has 1 aliphatic heterocycles. The van der Waals surface area contributed by atoms with Gasteiger partial charge in [0.15, 0.2) is 0 Å². The van der Waals surface area contributed by atoms with Crippen molar-refractivity contribution in [1.29, 1.82) is 0 Å². The molecule has 62 valence electrons. The first-order chi connectivity index (χ1) is 5.27. The van der Waals surface area contributed by atoms with Gasteiger partial charge in [-0.1, -0.05) is 20.3 Å². The standard InChI is InChI=1S/C9H15NS/c1-6(2)9-10-7-4-3-5-8(7)11-9/h6-8H,3-5H2,1-2H3. The lowest BCUT2D eigenvalue weighted by atomic mass is 10.2. The van der Waals surface area contributed by atoms with Gasteiger partial charge in [-0.2, -0.15) is 0 Å². The smallest absolute Gasteiger partial charge is 0.0708 e. The van der Waals surface area contributed by atoms with Crippen molar-refractivity contribution in [3.05, 3.63) is 0 Å². The number of fused-ring (bicyclic) bond motifs is 1. The fraction of sp³-hybridized carbons (Fsp3) is 0.889. The normalized spacial score (nSPS) is 36.1. The number of aliphatic imine (C=N–C) groups is 1. The molecule has 1 heterocycles. The van der Waals surface area contributed by atoms with Crippen LogP contribution in [0.25, 0.3) is 0 Å². The van der Waals surface area contributed by atoms with Crippen LogP contribution in [0.2, 0.25) is 0 Å². The summed E-state index contributed by atoms with van der Waals surface area (Å²) in [5, 5.41) is 2.26. The molecule has 0 spiro atoms. The SMILES string of the molecule is CC(C)C1=NC2CCCC2S1. The summed E-state index contributed by atoms with van der Waals surface area (Å²) < 4.78 is 0. The molecule has 1 saturated carbocycles. The Morgan fingerprint density at radius 2 is 2.27 bits per heavy atom. The van der Waals surface area contributed by atoms with Crippen LogP contribution < -0.4 is 0 Å². The summed E-state index contributed by atoms with van der Waals surface area (Å²) in [6.07, 6.45) is 4.14. The van der Waals surface area contributed by atoms with E-state index in [1.54, 1.807) is 0 Å². The molecule has 11 heavy (non-hydrogen) atoms. The average molecular weight is 169 g/mol. The third kappa shape index (κ3) is 1.33. The summed E-state index contributed by atoms with van der Waals surface area (Å²) in [7, 11) is 0. The highest BCUT2D eigenvalue weighted by Crippen LogP contribution is 2.40. The van der Waals surface area contributed by atoms with E-state index in [1.165, 1.54) is 24.3 Å². The van der Waals surface area contributed by atoms with Crippen LogP contribution >= 0.6 is 11.8 Å². The molecule has 0 aromatic heterocycles. The molecule has 0 N–H and O–H groups in total. The van der Waals surface area contributed by atoms with Crippen LogP contribution in [0.3, 0.4) is 0 Å². The van der Waals surface area contributed by atoms with E-state index in [2.05, 4.69) is 13.8 Å². The van der Waals surface area contributed by atoms with Gasteiger partial charge in [0, 0.05) is 11.2 Å². The van der Waals surface area contributed by atoms with E-state index in [1.807, 2.05) is 11.8 Å². The minimum Gasteiger partial charge on any atom is -0.278 e. The first-order valence-corrected chi connectivity index (χ1v) is 5.39. The lowest BCUT2D eigenvalue weighted by Crippen LogP contribution is -2.07. The van der Waals surface area contributed by atoms with Crippen molar-refractivity contribution in [3.8, 4) is 0 Å².